The average Bonchev–Trinajstić information content (AvgIpc) is 2.83. The van der Waals surface area contributed by atoms with Crippen molar-refractivity contribution in [2.75, 3.05) is 0 Å². The lowest BCUT2D eigenvalue weighted by Gasteiger charge is -2.12. The topological polar surface area (TPSA) is 42.0 Å². The largest absolute Gasteiger partial charge is 0.340 e. The Balaban J connectivity index is 1.90. The van der Waals surface area contributed by atoms with E-state index in [4.69, 9.17) is 0 Å². The van der Waals surface area contributed by atoms with Gasteiger partial charge in [-0.25, -0.2) is 0 Å². The van der Waals surface area contributed by atoms with Crippen molar-refractivity contribution in [2.24, 2.45) is 0 Å². The van der Waals surface area contributed by atoms with Crippen molar-refractivity contribution >= 4 is 29.0 Å². The highest BCUT2D eigenvalue weighted by Crippen LogP contribution is 2.21. The molecule has 0 aliphatic heterocycles. The summed E-state index contributed by atoms with van der Waals surface area (Å²) in [5, 5.41) is 4.88. The molecular formula is C12H12N2OS2. The number of carbonyl (C=O) groups is 1. The van der Waals surface area contributed by atoms with Crippen molar-refractivity contribution in [3.05, 3.63) is 46.9 Å². The summed E-state index contributed by atoms with van der Waals surface area (Å²) >= 11 is 3.05. The summed E-state index contributed by atoms with van der Waals surface area (Å²) in [5.74, 6) is -0.0194. The fourth-order valence-electron chi connectivity index (χ4n) is 1.31. The maximum absolute atomic E-state index is 11.8. The van der Waals surface area contributed by atoms with Gasteiger partial charge in [-0.15, -0.1) is 23.1 Å². The summed E-state index contributed by atoms with van der Waals surface area (Å²) in [6.07, 6.45) is 3.49. The number of thioether (sulfide) groups is 1. The molecule has 0 saturated heterocycles. The second-order valence-electron chi connectivity index (χ2n) is 3.39. The summed E-state index contributed by atoms with van der Waals surface area (Å²) in [6.45, 7) is 1.97. The van der Waals surface area contributed by atoms with Gasteiger partial charge in [-0.1, -0.05) is 6.07 Å². The average molecular weight is 264 g/mol. The highest BCUT2D eigenvalue weighted by molar-refractivity contribution is 7.99. The lowest BCUT2D eigenvalue weighted by Crippen LogP contribution is -2.29. The number of hydrogen-bond acceptors (Lipinski definition) is 4. The molecule has 1 amide bonds. The van der Waals surface area contributed by atoms with Crippen LogP contribution in [0.4, 0.5) is 0 Å². The Morgan fingerprint density at radius 2 is 2.18 bits per heavy atom. The Kier molecular flexibility index (Phi) is 4.17. The third-order valence-electron chi connectivity index (χ3n) is 2.04. The van der Waals surface area contributed by atoms with E-state index in [1.807, 2.05) is 36.6 Å². The van der Waals surface area contributed by atoms with Crippen LogP contribution >= 0.6 is 23.1 Å². The van der Waals surface area contributed by atoms with E-state index >= 15 is 0 Å². The summed E-state index contributed by atoms with van der Waals surface area (Å²) in [5.41, 5.74) is 0. The standard InChI is InChI=1S/C12H12N2OS2/c1-9(17-10-4-6-13-7-5-10)14-12(15)11-3-2-8-16-11/h2-9H,1H3,(H,14,15). The van der Waals surface area contributed by atoms with Crippen LogP contribution in [0.25, 0.3) is 0 Å². The number of pyridine rings is 1. The van der Waals surface area contributed by atoms with Crippen molar-refractivity contribution in [3.63, 3.8) is 0 Å². The van der Waals surface area contributed by atoms with Gasteiger partial charge in [-0.05, 0) is 30.5 Å². The fourth-order valence-corrected chi connectivity index (χ4v) is 2.79. The van der Waals surface area contributed by atoms with Gasteiger partial charge in [0.25, 0.3) is 5.91 Å². The number of aromatic nitrogens is 1. The van der Waals surface area contributed by atoms with E-state index in [0.29, 0.717) is 0 Å². The molecule has 17 heavy (non-hydrogen) atoms. The molecule has 0 aromatic carbocycles. The number of thiophene rings is 1. The van der Waals surface area contributed by atoms with Gasteiger partial charge in [0.15, 0.2) is 0 Å². The van der Waals surface area contributed by atoms with Crippen molar-refractivity contribution in [2.45, 2.75) is 17.2 Å². The Morgan fingerprint density at radius 1 is 1.41 bits per heavy atom. The fraction of sp³-hybridized carbons (Fsp3) is 0.167. The maximum atomic E-state index is 11.8. The zero-order valence-corrected chi connectivity index (χ0v) is 10.9. The molecule has 2 rings (SSSR count). The predicted octanol–water partition coefficient (Wildman–Crippen LogP) is 3.01. The zero-order chi connectivity index (χ0) is 12.1. The molecule has 1 atom stereocenters. The van der Waals surface area contributed by atoms with Gasteiger partial charge in [0.1, 0.15) is 0 Å². The highest BCUT2D eigenvalue weighted by Gasteiger charge is 2.11. The van der Waals surface area contributed by atoms with Crippen molar-refractivity contribution in [1.82, 2.24) is 10.3 Å². The molecule has 0 fully saturated rings. The normalized spacial score (nSPS) is 12.1. The Labute approximate surface area is 108 Å². The first-order chi connectivity index (χ1) is 8.25. The summed E-state index contributed by atoms with van der Waals surface area (Å²) < 4.78 is 0. The van der Waals surface area contributed by atoms with Crippen molar-refractivity contribution in [3.8, 4) is 0 Å². The maximum Gasteiger partial charge on any atom is 0.262 e. The number of amides is 1. The molecule has 2 aromatic heterocycles. The van der Waals surface area contributed by atoms with E-state index in [0.717, 1.165) is 9.77 Å². The van der Waals surface area contributed by atoms with Crippen LogP contribution in [0, 0.1) is 0 Å². The third-order valence-corrected chi connectivity index (χ3v) is 3.93. The van der Waals surface area contributed by atoms with Gasteiger partial charge in [0, 0.05) is 17.3 Å². The summed E-state index contributed by atoms with van der Waals surface area (Å²) in [7, 11) is 0. The van der Waals surface area contributed by atoms with Gasteiger partial charge in [-0.2, -0.15) is 0 Å². The van der Waals surface area contributed by atoms with Gasteiger partial charge in [0.2, 0.25) is 0 Å². The zero-order valence-electron chi connectivity index (χ0n) is 9.29. The second-order valence-corrected chi connectivity index (χ2v) is 5.76. The monoisotopic (exact) mass is 264 g/mol. The molecule has 0 saturated carbocycles. The molecule has 1 N–H and O–H groups in total. The molecule has 2 aromatic rings. The second kappa shape index (κ2) is 5.84. The van der Waals surface area contributed by atoms with E-state index in [1.165, 1.54) is 11.3 Å². The molecular weight excluding hydrogens is 252 g/mol. The molecule has 0 aliphatic carbocycles. The molecule has 2 heterocycles. The van der Waals surface area contributed by atoms with E-state index in [2.05, 4.69) is 10.3 Å². The first-order valence-electron chi connectivity index (χ1n) is 5.17. The van der Waals surface area contributed by atoms with Crippen molar-refractivity contribution < 1.29 is 4.79 Å². The van der Waals surface area contributed by atoms with E-state index in [1.54, 1.807) is 24.2 Å². The van der Waals surface area contributed by atoms with Crippen LogP contribution in [0.5, 0.6) is 0 Å². The lowest BCUT2D eigenvalue weighted by molar-refractivity contribution is 0.0956. The highest BCUT2D eigenvalue weighted by atomic mass is 32.2. The quantitative estimate of drug-likeness (QED) is 0.682. The van der Waals surface area contributed by atoms with E-state index in [-0.39, 0.29) is 11.3 Å². The minimum Gasteiger partial charge on any atom is -0.340 e. The van der Waals surface area contributed by atoms with Crippen LogP contribution in [0.2, 0.25) is 0 Å². The van der Waals surface area contributed by atoms with Crippen LogP contribution in [0.1, 0.15) is 16.6 Å². The van der Waals surface area contributed by atoms with Gasteiger partial charge in [-0.3, -0.25) is 9.78 Å². The Bertz CT molecular complexity index is 471. The predicted molar refractivity (Wildman–Crippen MR) is 71.3 cm³/mol. The van der Waals surface area contributed by atoms with Crippen LogP contribution in [-0.2, 0) is 0 Å². The van der Waals surface area contributed by atoms with Crippen LogP contribution in [0.15, 0.2) is 46.9 Å². The number of carbonyl (C=O) groups excluding carboxylic acids is 1. The van der Waals surface area contributed by atoms with Gasteiger partial charge in [0.05, 0.1) is 10.3 Å². The number of nitrogens with one attached hydrogen (secondary N) is 1. The van der Waals surface area contributed by atoms with Crippen LogP contribution in [-0.4, -0.2) is 16.3 Å². The molecule has 88 valence electrons. The molecule has 3 nitrogen and oxygen atoms in total. The number of nitrogens with zero attached hydrogens (tertiary/aromatic N) is 1. The van der Waals surface area contributed by atoms with Crippen LogP contribution < -0.4 is 5.32 Å². The number of hydrogen-bond donors (Lipinski definition) is 1. The van der Waals surface area contributed by atoms with Gasteiger partial charge < -0.3 is 5.32 Å². The SMILES string of the molecule is CC(NC(=O)c1cccs1)Sc1ccncc1. The molecule has 5 heteroatoms. The Hall–Kier alpha value is -1.33. The lowest BCUT2D eigenvalue weighted by atomic mass is 10.4. The smallest absolute Gasteiger partial charge is 0.262 e. The number of rotatable bonds is 4. The molecule has 0 aliphatic rings. The van der Waals surface area contributed by atoms with Gasteiger partial charge >= 0.3 is 0 Å². The molecule has 0 spiro atoms. The minimum absolute atomic E-state index is 0.0194. The summed E-state index contributed by atoms with van der Waals surface area (Å²) in [4.78, 5) is 17.6. The molecule has 1 unspecified atom stereocenters. The first-order valence-corrected chi connectivity index (χ1v) is 6.92. The van der Waals surface area contributed by atoms with E-state index in [9.17, 15) is 4.79 Å². The molecule has 0 radical (unpaired) electrons. The first kappa shape index (κ1) is 12.1. The van der Waals surface area contributed by atoms with Crippen molar-refractivity contribution in [1.29, 1.82) is 0 Å². The summed E-state index contributed by atoms with van der Waals surface area (Å²) in [6, 6.07) is 7.56. The Morgan fingerprint density at radius 3 is 2.82 bits per heavy atom. The van der Waals surface area contributed by atoms with E-state index < -0.39 is 0 Å². The molecule has 0 bridgehead atoms. The third kappa shape index (κ3) is 3.57. The van der Waals surface area contributed by atoms with Crippen LogP contribution in [0.3, 0.4) is 0 Å². The minimum atomic E-state index is -0.0194.